The lowest BCUT2D eigenvalue weighted by molar-refractivity contribution is 0.220. The van der Waals surface area contributed by atoms with Crippen LogP contribution < -0.4 is 10.5 Å². The average Bonchev–Trinajstić information content (AvgIpc) is 2.81. The first-order valence-corrected chi connectivity index (χ1v) is 10.1. The van der Waals surface area contributed by atoms with E-state index in [1.54, 1.807) is 18.3 Å². The van der Waals surface area contributed by atoms with Crippen LogP contribution in [0, 0.1) is 0 Å². The maximum Gasteiger partial charge on any atom is 0.234 e. The summed E-state index contributed by atoms with van der Waals surface area (Å²) in [5, 5.41) is 1.44. The highest BCUT2D eigenvalue weighted by Crippen LogP contribution is 2.31. The molecule has 3 N–H and O–H groups in total. The number of nitrogens with zero attached hydrogens (tertiary/aromatic N) is 2. The summed E-state index contributed by atoms with van der Waals surface area (Å²) < 4.78 is 29.5. The van der Waals surface area contributed by atoms with E-state index in [0.717, 1.165) is 36.8 Å². The number of anilines is 1. The van der Waals surface area contributed by atoms with Gasteiger partial charge in [0.1, 0.15) is 0 Å². The molecule has 6 nitrogen and oxygen atoms in total. The summed E-state index contributed by atoms with van der Waals surface area (Å²) >= 11 is 6.18. The lowest BCUT2D eigenvalue weighted by Crippen LogP contribution is -2.44. The molecular weight excluding hydrogens is 348 g/mol. The van der Waals surface area contributed by atoms with E-state index in [0.29, 0.717) is 17.3 Å². The number of para-hydroxylation sites is 1. The number of hydrogen-bond acceptors (Lipinski definition) is 4. The summed E-state index contributed by atoms with van der Waals surface area (Å²) in [7, 11) is -1.59. The second-order valence-corrected chi connectivity index (χ2v) is 8.66. The number of benzene rings is 1. The van der Waals surface area contributed by atoms with Gasteiger partial charge in [-0.15, -0.1) is 0 Å². The molecule has 24 heavy (non-hydrogen) atoms. The first kappa shape index (κ1) is 17.5. The van der Waals surface area contributed by atoms with E-state index in [1.165, 1.54) is 0 Å². The Balaban J connectivity index is 1.73. The third-order valence-corrected chi connectivity index (χ3v) is 5.99. The monoisotopic (exact) mass is 370 g/mol. The minimum atomic E-state index is -3.44. The summed E-state index contributed by atoms with van der Waals surface area (Å²) in [5.41, 5.74) is 7.28. The molecule has 1 aromatic carbocycles. The van der Waals surface area contributed by atoms with Crippen molar-refractivity contribution in [2.24, 2.45) is 12.8 Å². The Morgan fingerprint density at radius 2 is 2.21 bits per heavy atom. The van der Waals surface area contributed by atoms with Gasteiger partial charge in [0, 0.05) is 37.8 Å². The van der Waals surface area contributed by atoms with Crippen LogP contribution in [0.25, 0.3) is 10.9 Å². The first-order valence-electron chi connectivity index (χ1n) is 8.08. The maximum absolute atomic E-state index is 12.5. The molecule has 0 bridgehead atoms. The van der Waals surface area contributed by atoms with E-state index in [1.807, 2.05) is 17.7 Å². The SMILES string of the molecule is Cn1cc(Cl)c2cccc(NS(=O)(=O)CCN3CCC[C@H](N)C3)c21. The number of rotatable bonds is 5. The fraction of sp³-hybridized carbons (Fsp3) is 0.500. The molecule has 132 valence electrons. The molecule has 0 amide bonds. The lowest BCUT2D eigenvalue weighted by Gasteiger charge is -2.30. The second kappa shape index (κ2) is 6.92. The van der Waals surface area contributed by atoms with Gasteiger partial charge in [-0.05, 0) is 25.5 Å². The average molecular weight is 371 g/mol. The van der Waals surface area contributed by atoms with Crippen molar-refractivity contribution in [3.8, 4) is 0 Å². The largest absolute Gasteiger partial charge is 0.347 e. The zero-order valence-electron chi connectivity index (χ0n) is 13.7. The predicted molar refractivity (Wildman–Crippen MR) is 99.0 cm³/mol. The van der Waals surface area contributed by atoms with Gasteiger partial charge in [0.05, 0.1) is 22.0 Å². The summed E-state index contributed by atoms with van der Waals surface area (Å²) in [6, 6.07) is 5.58. The number of halogens is 1. The number of likely N-dealkylation sites (tertiary alicyclic amines) is 1. The second-order valence-electron chi connectivity index (χ2n) is 6.41. The molecule has 0 radical (unpaired) electrons. The molecule has 0 aliphatic carbocycles. The zero-order chi connectivity index (χ0) is 17.3. The topological polar surface area (TPSA) is 80.4 Å². The van der Waals surface area contributed by atoms with E-state index >= 15 is 0 Å². The molecule has 2 aromatic rings. The van der Waals surface area contributed by atoms with Crippen LogP contribution in [0.3, 0.4) is 0 Å². The van der Waals surface area contributed by atoms with Crippen LogP contribution >= 0.6 is 11.6 Å². The highest BCUT2D eigenvalue weighted by atomic mass is 35.5. The van der Waals surface area contributed by atoms with Crippen LogP contribution in [0.15, 0.2) is 24.4 Å². The van der Waals surface area contributed by atoms with Gasteiger partial charge in [-0.1, -0.05) is 23.7 Å². The van der Waals surface area contributed by atoms with Crippen molar-refractivity contribution < 1.29 is 8.42 Å². The summed E-state index contributed by atoms with van der Waals surface area (Å²) in [6.07, 6.45) is 3.81. The van der Waals surface area contributed by atoms with E-state index in [9.17, 15) is 8.42 Å². The van der Waals surface area contributed by atoms with E-state index < -0.39 is 10.0 Å². The lowest BCUT2D eigenvalue weighted by atomic mass is 10.1. The Morgan fingerprint density at radius 3 is 2.96 bits per heavy atom. The molecular formula is C16H23ClN4O2S. The van der Waals surface area contributed by atoms with Gasteiger partial charge >= 0.3 is 0 Å². The molecule has 1 aliphatic rings. The van der Waals surface area contributed by atoms with Gasteiger partial charge in [0.2, 0.25) is 10.0 Å². The molecule has 1 saturated heterocycles. The van der Waals surface area contributed by atoms with Crippen LogP contribution in [-0.2, 0) is 17.1 Å². The maximum atomic E-state index is 12.5. The molecule has 1 aliphatic heterocycles. The Kier molecular flexibility index (Phi) is 5.05. The summed E-state index contributed by atoms with van der Waals surface area (Å²) in [6.45, 7) is 2.16. The molecule has 0 saturated carbocycles. The van der Waals surface area contributed by atoms with Gasteiger partial charge < -0.3 is 15.2 Å². The number of aromatic nitrogens is 1. The number of piperidine rings is 1. The first-order chi connectivity index (χ1) is 11.4. The molecule has 1 fully saturated rings. The van der Waals surface area contributed by atoms with Crippen LogP contribution in [0.1, 0.15) is 12.8 Å². The fourth-order valence-electron chi connectivity index (χ4n) is 3.26. The minimum Gasteiger partial charge on any atom is -0.347 e. The number of sulfonamides is 1. The molecule has 0 spiro atoms. The fourth-order valence-corrected chi connectivity index (χ4v) is 4.66. The Labute approximate surface area is 147 Å². The number of nitrogens with one attached hydrogen (secondary N) is 1. The molecule has 1 atom stereocenters. The van der Waals surface area contributed by atoms with Crippen molar-refractivity contribution in [3.63, 3.8) is 0 Å². The minimum absolute atomic E-state index is 0.0499. The van der Waals surface area contributed by atoms with Crippen molar-refractivity contribution in [3.05, 3.63) is 29.4 Å². The Morgan fingerprint density at radius 1 is 1.42 bits per heavy atom. The van der Waals surface area contributed by atoms with E-state index in [-0.39, 0.29) is 11.8 Å². The van der Waals surface area contributed by atoms with Crippen molar-refractivity contribution >= 4 is 38.2 Å². The molecule has 2 heterocycles. The van der Waals surface area contributed by atoms with Gasteiger partial charge in [-0.25, -0.2) is 8.42 Å². The van der Waals surface area contributed by atoms with Crippen molar-refractivity contribution in [1.29, 1.82) is 0 Å². The van der Waals surface area contributed by atoms with Gasteiger partial charge in [-0.3, -0.25) is 4.72 Å². The van der Waals surface area contributed by atoms with Crippen LogP contribution in [0.5, 0.6) is 0 Å². The van der Waals surface area contributed by atoms with Crippen LogP contribution in [-0.4, -0.2) is 49.3 Å². The standard InChI is InChI=1S/C16H23ClN4O2S/c1-20-11-14(17)13-5-2-6-15(16(13)20)19-24(22,23)9-8-21-7-3-4-12(18)10-21/h2,5-6,11-12,19H,3-4,7-10,18H2,1H3/t12-/m0/s1. The number of hydrogen-bond donors (Lipinski definition) is 2. The summed E-state index contributed by atoms with van der Waals surface area (Å²) in [5.74, 6) is 0.0499. The van der Waals surface area contributed by atoms with Crippen molar-refractivity contribution in [1.82, 2.24) is 9.47 Å². The van der Waals surface area contributed by atoms with Crippen molar-refractivity contribution in [2.45, 2.75) is 18.9 Å². The zero-order valence-corrected chi connectivity index (χ0v) is 15.3. The normalized spacial score (nSPS) is 19.7. The molecule has 1 aromatic heterocycles. The highest BCUT2D eigenvalue weighted by molar-refractivity contribution is 7.92. The van der Waals surface area contributed by atoms with Crippen LogP contribution in [0.2, 0.25) is 5.02 Å². The Hall–Kier alpha value is -1.28. The molecule has 0 unspecified atom stereocenters. The third kappa shape index (κ3) is 3.85. The number of nitrogens with two attached hydrogens (primary N) is 1. The van der Waals surface area contributed by atoms with Crippen molar-refractivity contribution in [2.75, 3.05) is 30.1 Å². The molecule has 3 rings (SSSR count). The molecule has 8 heteroatoms. The number of fused-ring (bicyclic) bond motifs is 1. The van der Waals surface area contributed by atoms with E-state index in [4.69, 9.17) is 17.3 Å². The quantitative estimate of drug-likeness (QED) is 0.843. The van der Waals surface area contributed by atoms with Gasteiger partial charge in [-0.2, -0.15) is 0 Å². The highest BCUT2D eigenvalue weighted by Gasteiger charge is 2.20. The third-order valence-electron chi connectivity index (χ3n) is 4.44. The van der Waals surface area contributed by atoms with Gasteiger partial charge in [0.15, 0.2) is 0 Å². The van der Waals surface area contributed by atoms with Gasteiger partial charge in [0.25, 0.3) is 0 Å². The summed E-state index contributed by atoms with van der Waals surface area (Å²) in [4.78, 5) is 2.12. The van der Waals surface area contributed by atoms with Crippen LogP contribution in [0.4, 0.5) is 5.69 Å². The van der Waals surface area contributed by atoms with E-state index in [2.05, 4.69) is 9.62 Å². The number of aryl methyl sites for hydroxylation is 1. The smallest absolute Gasteiger partial charge is 0.234 e. The Bertz CT molecular complexity index is 834. The predicted octanol–water partition coefficient (Wildman–Crippen LogP) is 2.00.